The van der Waals surface area contributed by atoms with Crippen LogP contribution in [-0.2, 0) is 24.1 Å². The number of aliphatic imine (C=N–C) groups is 1. The van der Waals surface area contributed by atoms with E-state index in [-0.39, 0.29) is 30.0 Å². The van der Waals surface area contributed by atoms with E-state index in [9.17, 15) is 5.11 Å². The van der Waals surface area contributed by atoms with Gasteiger partial charge in [0.2, 0.25) is 0 Å². The number of phenols is 1. The van der Waals surface area contributed by atoms with Crippen LogP contribution in [0.25, 0.3) is 0 Å². The molecule has 0 aliphatic heterocycles. The number of hydrogen-bond donors (Lipinski definition) is 3. The molecule has 0 fully saturated rings. The van der Waals surface area contributed by atoms with E-state index in [0.29, 0.717) is 24.9 Å². The Hall–Kier alpha value is -1.02. The molecule has 0 spiro atoms. The number of hydrogen-bond acceptors (Lipinski definition) is 3. The van der Waals surface area contributed by atoms with Gasteiger partial charge >= 0.3 is 0 Å². The van der Waals surface area contributed by atoms with Crippen molar-refractivity contribution < 1.29 is 9.84 Å². The van der Waals surface area contributed by atoms with Gasteiger partial charge < -0.3 is 20.9 Å². The Bertz CT molecular complexity index is 520. The van der Waals surface area contributed by atoms with E-state index in [2.05, 4.69) is 10.3 Å². The maximum Gasteiger partial charge on any atom is 0.189 e. The van der Waals surface area contributed by atoms with Crippen LogP contribution in [0.5, 0.6) is 5.75 Å². The molecular formula is C16H26IN3O2. The van der Waals surface area contributed by atoms with Crippen molar-refractivity contribution in [3.05, 3.63) is 28.8 Å². The lowest BCUT2D eigenvalue weighted by Crippen LogP contribution is -2.40. The minimum atomic E-state index is 0. The highest BCUT2D eigenvalue weighted by atomic mass is 127. The number of rotatable bonds is 5. The summed E-state index contributed by atoms with van der Waals surface area (Å²) in [5, 5.41) is 13.2. The molecule has 1 atom stereocenters. The molecule has 0 heterocycles. The van der Waals surface area contributed by atoms with Crippen molar-refractivity contribution in [1.29, 1.82) is 0 Å². The first-order valence-corrected chi connectivity index (χ1v) is 7.49. The molecule has 0 bridgehead atoms. The average Bonchev–Trinajstić information content (AvgIpc) is 2.46. The number of benzene rings is 1. The van der Waals surface area contributed by atoms with E-state index < -0.39 is 0 Å². The van der Waals surface area contributed by atoms with Gasteiger partial charge in [0.15, 0.2) is 5.96 Å². The van der Waals surface area contributed by atoms with Crippen LogP contribution in [0.1, 0.15) is 36.5 Å². The number of nitrogens with one attached hydrogen (secondary N) is 1. The highest BCUT2D eigenvalue weighted by Gasteiger charge is 2.16. The standard InChI is InChI=1S/C16H25N3O2.HI/c1-11(10-21-2)19-16(17)18-9-14-13-6-4-3-5-12(13)7-8-15(14)20;/h7-8,11,20H,3-6,9-10H2,1-2H3,(H3,17,18,19);1H. The van der Waals surface area contributed by atoms with Crippen LogP contribution < -0.4 is 11.1 Å². The summed E-state index contributed by atoms with van der Waals surface area (Å²) in [4.78, 5) is 4.35. The zero-order chi connectivity index (χ0) is 15.2. The molecule has 5 nitrogen and oxygen atoms in total. The summed E-state index contributed by atoms with van der Waals surface area (Å²) in [5.74, 6) is 0.699. The van der Waals surface area contributed by atoms with Crippen molar-refractivity contribution in [3.63, 3.8) is 0 Å². The molecular weight excluding hydrogens is 393 g/mol. The SMILES string of the molecule is COCC(C)NC(N)=NCc1c(O)ccc2c1CCCC2.I. The Kier molecular flexibility index (Phi) is 7.95. The lowest BCUT2D eigenvalue weighted by molar-refractivity contribution is 0.179. The fraction of sp³-hybridized carbons (Fsp3) is 0.562. The topological polar surface area (TPSA) is 79.9 Å². The summed E-state index contributed by atoms with van der Waals surface area (Å²) in [5.41, 5.74) is 9.38. The molecule has 6 heteroatoms. The number of methoxy groups -OCH3 is 1. The molecule has 0 aromatic heterocycles. The maximum atomic E-state index is 10.1. The van der Waals surface area contributed by atoms with Crippen LogP contribution in [0.2, 0.25) is 0 Å². The summed E-state index contributed by atoms with van der Waals surface area (Å²) in [6, 6.07) is 3.91. The number of halogens is 1. The number of nitrogens with two attached hydrogens (primary N) is 1. The second kappa shape index (κ2) is 9.19. The molecule has 0 radical (unpaired) electrons. The summed E-state index contributed by atoms with van der Waals surface area (Å²) in [6.07, 6.45) is 4.50. The molecule has 1 aromatic carbocycles. The molecule has 22 heavy (non-hydrogen) atoms. The zero-order valence-corrected chi connectivity index (χ0v) is 15.6. The first-order chi connectivity index (χ1) is 10.1. The summed E-state index contributed by atoms with van der Waals surface area (Å²) < 4.78 is 5.05. The van der Waals surface area contributed by atoms with E-state index >= 15 is 0 Å². The third kappa shape index (κ3) is 5.01. The molecule has 0 saturated carbocycles. The van der Waals surface area contributed by atoms with Crippen LogP contribution in [0, 0.1) is 0 Å². The third-order valence-electron chi connectivity index (χ3n) is 3.84. The Morgan fingerprint density at radius 1 is 1.41 bits per heavy atom. The van der Waals surface area contributed by atoms with Gasteiger partial charge in [-0.05, 0) is 49.8 Å². The fourth-order valence-electron chi connectivity index (χ4n) is 2.82. The monoisotopic (exact) mass is 419 g/mol. The van der Waals surface area contributed by atoms with Crippen molar-refractivity contribution in [2.75, 3.05) is 13.7 Å². The van der Waals surface area contributed by atoms with Crippen molar-refractivity contribution in [2.24, 2.45) is 10.7 Å². The van der Waals surface area contributed by atoms with Gasteiger partial charge in [0.05, 0.1) is 13.2 Å². The van der Waals surface area contributed by atoms with E-state index in [1.165, 1.54) is 24.0 Å². The van der Waals surface area contributed by atoms with Crippen molar-refractivity contribution in [1.82, 2.24) is 5.32 Å². The van der Waals surface area contributed by atoms with Gasteiger partial charge in [-0.2, -0.15) is 0 Å². The second-order valence-electron chi connectivity index (χ2n) is 5.61. The van der Waals surface area contributed by atoms with Gasteiger partial charge in [0.1, 0.15) is 5.75 Å². The van der Waals surface area contributed by atoms with Crippen LogP contribution >= 0.6 is 24.0 Å². The molecule has 1 aliphatic rings. The zero-order valence-electron chi connectivity index (χ0n) is 13.3. The Morgan fingerprint density at radius 3 is 2.86 bits per heavy atom. The van der Waals surface area contributed by atoms with Gasteiger partial charge in [-0.3, -0.25) is 0 Å². The second-order valence-corrected chi connectivity index (χ2v) is 5.61. The highest BCUT2D eigenvalue weighted by molar-refractivity contribution is 14.0. The fourth-order valence-corrected chi connectivity index (χ4v) is 2.82. The molecule has 0 amide bonds. The predicted molar refractivity (Wildman–Crippen MR) is 100.0 cm³/mol. The first-order valence-electron chi connectivity index (χ1n) is 7.49. The number of nitrogens with zero attached hydrogens (tertiary/aromatic N) is 1. The largest absolute Gasteiger partial charge is 0.508 e. The van der Waals surface area contributed by atoms with Crippen LogP contribution in [0.4, 0.5) is 0 Å². The number of phenolic OH excluding ortho intramolecular Hbond substituents is 1. The minimum Gasteiger partial charge on any atom is -0.508 e. The normalized spacial score (nSPS) is 15.6. The number of aryl methyl sites for hydroxylation is 1. The van der Waals surface area contributed by atoms with E-state index in [1.807, 2.05) is 13.0 Å². The molecule has 1 aliphatic carbocycles. The number of fused-ring (bicyclic) bond motifs is 1. The van der Waals surface area contributed by atoms with E-state index in [1.54, 1.807) is 13.2 Å². The highest BCUT2D eigenvalue weighted by Crippen LogP contribution is 2.30. The lowest BCUT2D eigenvalue weighted by atomic mass is 9.88. The van der Waals surface area contributed by atoms with Gasteiger partial charge in [0, 0.05) is 18.7 Å². The molecule has 4 N–H and O–H groups in total. The van der Waals surface area contributed by atoms with Gasteiger partial charge in [-0.15, -0.1) is 24.0 Å². The lowest BCUT2D eigenvalue weighted by Gasteiger charge is -2.20. The van der Waals surface area contributed by atoms with Gasteiger partial charge in [0.25, 0.3) is 0 Å². The van der Waals surface area contributed by atoms with E-state index in [0.717, 1.165) is 18.4 Å². The van der Waals surface area contributed by atoms with Crippen LogP contribution in [0.15, 0.2) is 17.1 Å². The summed E-state index contributed by atoms with van der Waals surface area (Å²) in [7, 11) is 1.65. The minimum absolute atomic E-state index is 0. The Morgan fingerprint density at radius 2 is 2.14 bits per heavy atom. The van der Waals surface area contributed by atoms with E-state index in [4.69, 9.17) is 10.5 Å². The summed E-state index contributed by atoms with van der Waals surface area (Å²) >= 11 is 0. The van der Waals surface area contributed by atoms with Gasteiger partial charge in [-0.25, -0.2) is 4.99 Å². The van der Waals surface area contributed by atoms with Gasteiger partial charge in [-0.1, -0.05) is 6.07 Å². The summed E-state index contributed by atoms with van der Waals surface area (Å²) in [6.45, 7) is 2.96. The van der Waals surface area contributed by atoms with Crippen molar-refractivity contribution >= 4 is 29.9 Å². The Balaban J connectivity index is 0.00000242. The molecule has 124 valence electrons. The molecule has 0 saturated heterocycles. The van der Waals surface area contributed by atoms with Crippen LogP contribution in [0.3, 0.4) is 0 Å². The quantitative estimate of drug-likeness (QED) is 0.389. The number of guanidine groups is 1. The third-order valence-corrected chi connectivity index (χ3v) is 3.84. The maximum absolute atomic E-state index is 10.1. The predicted octanol–water partition coefficient (Wildman–Crippen LogP) is 2.33. The van der Waals surface area contributed by atoms with Crippen LogP contribution in [-0.4, -0.2) is 30.8 Å². The molecule has 1 unspecified atom stereocenters. The average molecular weight is 419 g/mol. The first kappa shape index (κ1) is 19.0. The smallest absolute Gasteiger partial charge is 0.189 e. The number of aromatic hydroxyl groups is 1. The molecule has 1 aromatic rings. The number of ether oxygens (including phenoxy) is 1. The Labute approximate surface area is 149 Å². The molecule has 2 rings (SSSR count). The van der Waals surface area contributed by atoms with Crippen molar-refractivity contribution in [2.45, 2.75) is 45.2 Å². The van der Waals surface area contributed by atoms with Crippen molar-refractivity contribution in [3.8, 4) is 5.75 Å².